The van der Waals surface area contributed by atoms with Crippen LogP contribution in [0, 0.1) is 11.8 Å². The maximum absolute atomic E-state index is 12.4. The van der Waals surface area contributed by atoms with Crippen LogP contribution in [-0.2, 0) is 9.53 Å². The van der Waals surface area contributed by atoms with E-state index in [1.807, 2.05) is 0 Å². The molecule has 4 heteroatoms. The van der Waals surface area contributed by atoms with E-state index in [1.54, 1.807) is 0 Å². The van der Waals surface area contributed by atoms with Gasteiger partial charge in [-0.1, -0.05) is 34.1 Å². The molecule has 1 N–H and O–H groups in total. The Labute approximate surface area is 124 Å². The Morgan fingerprint density at radius 2 is 2.05 bits per heavy atom. The summed E-state index contributed by atoms with van der Waals surface area (Å²) >= 11 is 0. The lowest BCUT2D eigenvalue weighted by Crippen LogP contribution is -2.61. The molecule has 0 bridgehead atoms. The summed E-state index contributed by atoms with van der Waals surface area (Å²) < 4.78 is 5.12. The van der Waals surface area contributed by atoms with Crippen molar-refractivity contribution >= 4 is 5.97 Å². The average molecular weight is 284 g/mol. The smallest absolute Gasteiger partial charge is 0.327 e. The van der Waals surface area contributed by atoms with Crippen molar-refractivity contribution < 1.29 is 9.53 Å². The van der Waals surface area contributed by atoms with Crippen LogP contribution in [0.2, 0.25) is 0 Å². The molecule has 0 aromatic rings. The summed E-state index contributed by atoms with van der Waals surface area (Å²) in [7, 11) is 1.50. The summed E-state index contributed by atoms with van der Waals surface area (Å²) in [4.78, 5) is 14.8. The molecule has 1 saturated carbocycles. The van der Waals surface area contributed by atoms with E-state index in [0.717, 1.165) is 39.0 Å². The van der Waals surface area contributed by atoms with E-state index in [4.69, 9.17) is 4.74 Å². The first-order valence-corrected chi connectivity index (χ1v) is 8.09. The van der Waals surface area contributed by atoms with Gasteiger partial charge < -0.3 is 15.0 Å². The quantitative estimate of drug-likeness (QED) is 0.625. The molecule has 0 aliphatic heterocycles. The van der Waals surface area contributed by atoms with Gasteiger partial charge in [0.05, 0.1) is 7.11 Å². The highest BCUT2D eigenvalue weighted by molar-refractivity contribution is 5.82. The number of esters is 1. The summed E-state index contributed by atoms with van der Waals surface area (Å²) in [6.07, 6.45) is 3.43. The zero-order valence-corrected chi connectivity index (χ0v) is 13.9. The molecule has 118 valence electrons. The third kappa shape index (κ3) is 4.19. The highest BCUT2D eigenvalue weighted by Crippen LogP contribution is 2.41. The van der Waals surface area contributed by atoms with Crippen LogP contribution in [0.15, 0.2) is 0 Å². The molecule has 2 atom stereocenters. The van der Waals surface area contributed by atoms with E-state index >= 15 is 0 Å². The number of nitrogens with one attached hydrogen (secondary N) is 1. The van der Waals surface area contributed by atoms with Crippen molar-refractivity contribution in [3.8, 4) is 0 Å². The van der Waals surface area contributed by atoms with E-state index in [1.165, 1.54) is 13.5 Å². The standard InChI is InChI=1S/C16H32N2O2/c1-6-13(4)11-18(8-3)12-16(17-7-2,14-9-10-14)15(19)20-5/h13-14,17H,6-12H2,1-5H3. The lowest BCUT2D eigenvalue weighted by atomic mass is 9.91. The van der Waals surface area contributed by atoms with Crippen LogP contribution in [0.3, 0.4) is 0 Å². The van der Waals surface area contributed by atoms with Crippen molar-refractivity contribution in [3.63, 3.8) is 0 Å². The van der Waals surface area contributed by atoms with Crippen LogP contribution < -0.4 is 5.32 Å². The van der Waals surface area contributed by atoms with Crippen molar-refractivity contribution in [2.75, 3.05) is 33.3 Å². The molecule has 1 rings (SSSR count). The van der Waals surface area contributed by atoms with Crippen LogP contribution >= 0.6 is 0 Å². The molecule has 1 fully saturated rings. The number of carbonyl (C=O) groups is 1. The van der Waals surface area contributed by atoms with Crippen LogP contribution in [0.5, 0.6) is 0 Å². The maximum atomic E-state index is 12.4. The Bertz CT molecular complexity index is 305. The molecular weight excluding hydrogens is 252 g/mol. The average Bonchev–Trinajstić information content (AvgIpc) is 3.29. The first-order valence-electron chi connectivity index (χ1n) is 8.09. The largest absolute Gasteiger partial charge is 0.468 e. The minimum absolute atomic E-state index is 0.0931. The first kappa shape index (κ1) is 17.4. The Kier molecular flexibility index (Phi) is 6.96. The molecule has 0 radical (unpaired) electrons. The molecule has 20 heavy (non-hydrogen) atoms. The Morgan fingerprint density at radius 1 is 1.40 bits per heavy atom. The fraction of sp³-hybridized carbons (Fsp3) is 0.938. The van der Waals surface area contributed by atoms with Gasteiger partial charge in [-0.05, 0) is 37.8 Å². The predicted octanol–water partition coefficient (Wildman–Crippen LogP) is 2.29. The number of hydrogen-bond acceptors (Lipinski definition) is 4. The number of carbonyl (C=O) groups excluding carboxylic acids is 1. The number of nitrogens with zero attached hydrogens (tertiary/aromatic N) is 1. The third-order valence-corrected chi connectivity index (χ3v) is 4.50. The van der Waals surface area contributed by atoms with Crippen molar-refractivity contribution in [3.05, 3.63) is 0 Å². The minimum Gasteiger partial charge on any atom is -0.468 e. The molecule has 0 saturated heterocycles. The van der Waals surface area contributed by atoms with Crippen LogP contribution in [0.4, 0.5) is 0 Å². The highest BCUT2D eigenvalue weighted by Gasteiger charge is 2.52. The fourth-order valence-electron chi connectivity index (χ4n) is 2.93. The van der Waals surface area contributed by atoms with Gasteiger partial charge in [0.1, 0.15) is 5.54 Å². The zero-order chi connectivity index (χ0) is 15.2. The summed E-state index contributed by atoms with van der Waals surface area (Å²) in [6, 6.07) is 0. The van der Waals surface area contributed by atoms with Crippen molar-refractivity contribution in [2.45, 2.75) is 52.5 Å². The summed E-state index contributed by atoms with van der Waals surface area (Å²) in [6.45, 7) is 12.3. The lowest BCUT2D eigenvalue weighted by Gasteiger charge is -2.37. The summed E-state index contributed by atoms with van der Waals surface area (Å²) in [5.41, 5.74) is -0.507. The molecule has 1 aliphatic carbocycles. The highest BCUT2D eigenvalue weighted by atomic mass is 16.5. The van der Waals surface area contributed by atoms with Gasteiger partial charge in [0.25, 0.3) is 0 Å². The second-order valence-corrected chi connectivity index (χ2v) is 6.11. The third-order valence-electron chi connectivity index (χ3n) is 4.50. The van der Waals surface area contributed by atoms with E-state index in [0.29, 0.717) is 11.8 Å². The van der Waals surface area contributed by atoms with E-state index in [-0.39, 0.29) is 5.97 Å². The van der Waals surface area contributed by atoms with Gasteiger partial charge in [-0.2, -0.15) is 0 Å². The fourth-order valence-corrected chi connectivity index (χ4v) is 2.93. The van der Waals surface area contributed by atoms with Gasteiger partial charge in [0, 0.05) is 13.1 Å². The Hall–Kier alpha value is -0.610. The molecule has 0 aromatic carbocycles. The van der Waals surface area contributed by atoms with E-state index < -0.39 is 5.54 Å². The topological polar surface area (TPSA) is 41.6 Å². The monoisotopic (exact) mass is 284 g/mol. The first-order chi connectivity index (χ1) is 9.53. The predicted molar refractivity (Wildman–Crippen MR) is 82.7 cm³/mol. The molecule has 0 spiro atoms. The molecule has 0 heterocycles. The normalized spacial score (nSPS) is 19.7. The van der Waals surface area contributed by atoms with Crippen LogP contribution in [-0.4, -0.2) is 49.7 Å². The van der Waals surface area contributed by atoms with Gasteiger partial charge in [-0.25, -0.2) is 4.79 Å². The van der Waals surface area contributed by atoms with E-state index in [9.17, 15) is 4.79 Å². The van der Waals surface area contributed by atoms with Gasteiger partial charge in [0.2, 0.25) is 0 Å². The molecule has 2 unspecified atom stereocenters. The molecule has 0 amide bonds. The zero-order valence-electron chi connectivity index (χ0n) is 13.9. The van der Waals surface area contributed by atoms with Gasteiger partial charge >= 0.3 is 5.97 Å². The number of methoxy groups -OCH3 is 1. The summed E-state index contributed by atoms with van der Waals surface area (Å²) in [5.74, 6) is 0.997. The van der Waals surface area contributed by atoms with Gasteiger partial charge in [0.15, 0.2) is 0 Å². The van der Waals surface area contributed by atoms with Crippen molar-refractivity contribution in [2.24, 2.45) is 11.8 Å². The van der Waals surface area contributed by atoms with Gasteiger partial charge in [-0.15, -0.1) is 0 Å². The second-order valence-electron chi connectivity index (χ2n) is 6.11. The second kappa shape index (κ2) is 7.99. The molecule has 0 aromatic heterocycles. The molecular formula is C16H32N2O2. The van der Waals surface area contributed by atoms with Crippen LogP contribution in [0.1, 0.15) is 47.0 Å². The summed E-state index contributed by atoms with van der Waals surface area (Å²) in [5, 5.41) is 3.45. The SMILES string of the molecule is CCNC(CN(CC)CC(C)CC)(C(=O)OC)C1CC1. The Morgan fingerprint density at radius 3 is 2.45 bits per heavy atom. The van der Waals surface area contributed by atoms with Crippen molar-refractivity contribution in [1.29, 1.82) is 0 Å². The lowest BCUT2D eigenvalue weighted by molar-refractivity contribution is -0.150. The molecule has 1 aliphatic rings. The minimum atomic E-state index is -0.507. The number of ether oxygens (including phenoxy) is 1. The number of likely N-dealkylation sites (N-methyl/N-ethyl adjacent to an activating group) is 2. The van der Waals surface area contributed by atoms with Gasteiger partial charge in [-0.3, -0.25) is 0 Å². The van der Waals surface area contributed by atoms with Crippen molar-refractivity contribution in [1.82, 2.24) is 10.2 Å². The Balaban J connectivity index is 2.83. The molecule has 4 nitrogen and oxygen atoms in total. The maximum Gasteiger partial charge on any atom is 0.327 e. The number of rotatable bonds is 10. The van der Waals surface area contributed by atoms with Crippen LogP contribution in [0.25, 0.3) is 0 Å². The van der Waals surface area contributed by atoms with E-state index in [2.05, 4.69) is 37.9 Å². The number of hydrogen-bond donors (Lipinski definition) is 1.